The van der Waals surface area contributed by atoms with Crippen molar-refractivity contribution >= 4 is 5.69 Å². The van der Waals surface area contributed by atoms with Crippen molar-refractivity contribution in [3.63, 3.8) is 0 Å². The molecule has 1 heterocycles. The number of nitrogens with one attached hydrogen (secondary N) is 1. The maximum atomic E-state index is 8.89. The lowest BCUT2D eigenvalue weighted by Gasteiger charge is -2.19. The third-order valence-corrected chi connectivity index (χ3v) is 3.83. The summed E-state index contributed by atoms with van der Waals surface area (Å²) in [5.41, 5.74) is 1.04. The van der Waals surface area contributed by atoms with Gasteiger partial charge in [-0.15, -0.1) is 0 Å². The summed E-state index contributed by atoms with van der Waals surface area (Å²) < 4.78 is 10.8. The second-order valence-corrected chi connectivity index (χ2v) is 5.51. The molecule has 5 nitrogen and oxygen atoms in total. The lowest BCUT2D eigenvalue weighted by Crippen LogP contribution is -2.23. The Morgan fingerprint density at radius 3 is 2.90 bits per heavy atom. The molecule has 2 rings (SSSR count). The molecule has 2 N–H and O–H groups in total. The lowest BCUT2D eigenvalue weighted by atomic mass is 10.1. The highest BCUT2D eigenvalue weighted by atomic mass is 16.5. The van der Waals surface area contributed by atoms with Crippen LogP contribution in [0.25, 0.3) is 0 Å². The van der Waals surface area contributed by atoms with E-state index >= 15 is 0 Å². The number of hydrogen-bond acceptors (Lipinski definition) is 5. The summed E-state index contributed by atoms with van der Waals surface area (Å²) in [6, 6.07) is 6.36. The van der Waals surface area contributed by atoms with Gasteiger partial charge in [0.1, 0.15) is 6.61 Å². The molecule has 1 aromatic carbocycles. The summed E-state index contributed by atoms with van der Waals surface area (Å²) in [4.78, 5) is 2.38. The van der Waals surface area contributed by atoms with Crippen molar-refractivity contribution in [1.82, 2.24) is 4.90 Å². The molecule has 118 valence electrons. The van der Waals surface area contributed by atoms with Gasteiger partial charge >= 0.3 is 0 Å². The third kappa shape index (κ3) is 4.79. The predicted octanol–water partition coefficient (Wildman–Crippen LogP) is 1.96. The topological polar surface area (TPSA) is 54.0 Å². The minimum atomic E-state index is -0.00420. The van der Waals surface area contributed by atoms with E-state index in [1.165, 1.54) is 19.4 Å². The van der Waals surface area contributed by atoms with Gasteiger partial charge < -0.3 is 24.8 Å². The van der Waals surface area contributed by atoms with Crippen LogP contribution in [0.5, 0.6) is 11.5 Å². The van der Waals surface area contributed by atoms with E-state index in [4.69, 9.17) is 14.6 Å². The summed E-state index contributed by atoms with van der Waals surface area (Å²) in [7, 11) is 3.80. The number of ether oxygens (including phenoxy) is 2. The molecule has 0 spiro atoms. The number of nitrogens with zero attached hydrogens (tertiary/aromatic N) is 1. The highest BCUT2D eigenvalue weighted by Crippen LogP contribution is 2.31. The lowest BCUT2D eigenvalue weighted by molar-refractivity contribution is 0.196. The molecule has 5 heteroatoms. The second-order valence-electron chi connectivity index (χ2n) is 5.51. The first kappa shape index (κ1) is 15.9. The zero-order valence-corrected chi connectivity index (χ0v) is 13.0. The molecule has 0 radical (unpaired) electrons. The van der Waals surface area contributed by atoms with Gasteiger partial charge in [-0.05, 0) is 51.5 Å². The van der Waals surface area contributed by atoms with E-state index in [0.717, 1.165) is 18.7 Å². The summed E-state index contributed by atoms with van der Waals surface area (Å²) in [5.74, 6) is 1.36. The number of methoxy groups -OCH3 is 1. The van der Waals surface area contributed by atoms with Gasteiger partial charge in [0.15, 0.2) is 11.5 Å². The molecule has 0 aromatic heterocycles. The normalized spacial score (nSPS) is 19.9. The van der Waals surface area contributed by atoms with Gasteiger partial charge in [-0.25, -0.2) is 0 Å². The molecular formula is C16H26N2O3. The quantitative estimate of drug-likeness (QED) is 0.840. The Bertz CT molecular complexity index is 440. The molecule has 0 aliphatic carbocycles. The minimum Gasteiger partial charge on any atom is -0.493 e. The van der Waals surface area contributed by atoms with Crippen molar-refractivity contribution in [2.24, 2.45) is 0 Å². The fraction of sp³-hybridized carbons (Fsp3) is 0.625. The fourth-order valence-corrected chi connectivity index (χ4v) is 2.65. The van der Waals surface area contributed by atoms with Crippen LogP contribution in [0.1, 0.15) is 19.3 Å². The van der Waals surface area contributed by atoms with E-state index in [0.29, 0.717) is 17.5 Å². The van der Waals surface area contributed by atoms with Gasteiger partial charge in [-0.1, -0.05) is 0 Å². The number of aliphatic hydroxyl groups excluding tert-OH is 1. The van der Waals surface area contributed by atoms with Gasteiger partial charge in [0.2, 0.25) is 0 Å². The van der Waals surface area contributed by atoms with Crippen molar-refractivity contribution in [3.05, 3.63) is 18.2 Å². The van der Waals surface area contributed by atoms with Gasteiger partial charge in [-0.2, -0.15) is 0 Å². The van der Waals surface area contributed by atoms with Crippen molar-refractivity contribution < 1.29 is 14.6 Å². The maximum Gasteiger partial charge on any atom is 0.163 e. The van der Waals surface area contributed by atoms with Crippen molar-refractivity contribution in [2.75, 3.05) is 45.8 Å². The first-order valence-corrected chi connectivity index (χ1v) is 7.59. The minimum absolute atomic E-state index is 0.00420. The van der Waals surface area contributed by atoms with E-state index in [1.54, 1.807) is 7.11 Å². The highest BCUT2D eigenvalue weighted by Gasteiger charge is 2.15. The number of rotatable bonds is 6. The van der Waals surface area contributed by atoms with Crippen molar-refractivity contribution in [1.29, 1.82) is 0 Å². The fourth-order valence-electron chi connectivity index (χ4n) is 2.65. The number of aliphatic hydroxyl groups is 1. The van der Waals surface area contributed by atoms with Crippen LogP contribution in [0.15, 0.2) is 18.2 Å². The van der Waals surface area contributed by atoms with Gasteiger partial charge in [0, 0.05) is 17.8 Å². The number of likely N-dealkylation sites (tertiary alicyclic amines) is 1. The maximum absolute atomic E-state index is 8.89. The van der Waals surface area contributed by atoms with Crippen molar-refractivity contribution in [2.45, 2.75) is 25.3 Å². The van der Waals surface area contributed by atoms with Crippen LogP contribution in [0.2, 0.25) is 0 Å². The smallest absolute Gasteiger partial charge is 0.163 e. The molecule has 1 atom stereocenters. The monoisotopic (exact) mass is 294 g/mol. The number of benzene rings is 1. The second kappa shape index (κ2) is 8.10. The van der Waals surface area contributed by atoms with Gasteiger partial charge in [0.05, 0.1) is 13.7 Å². The van der Waals surface area contributed by atoms with Crippen LogP contribution in [0, 0.1) is 0 Å². The van der Waals surface area contributed by atoms with E-state index in [1.807, 2.05) is 18.2 Å². The summed E-state index contributed by atoms with van der Waals surface area (Å²) in [6.45, 7) is 2.57. The molecule has 0 amide bonds. The highest BCUT2D eigenvalue weighted by molar-refractivity contribution is 5.55. The third-order valence-electron chi connectivity index (χ3n) is 3.83. The van der Waals surface area contributed by atoms with E-state index < -0.39 is 0 Å². The average molecular weight is 294 g/mol. The zero-order chi connectivity index (χ0) is 15.1. The van der Waals surface area contributed by atoms with Gasteiger partial charge in [-0.3, -0.25) is 0 Å². The average Bonchev–Trinajstić information content (AvgIpc) is 2.70. The molecule has 1 aromatic rings. The Morgan fingerprint density at radius 2 is 2.14 bits per heavy atom. The Labute approximate surface area is 126 Å². The Kier molecular flexibility index (Phi) is 6.14. The van der Waals surface area contributed by atoms with Crippen molar-refractivity contribution in [3.8, 4) is 11.5 Å². The standard InChI is InChI=1S/C16H26N2O3/c1-18-8-3-4-13(7-9-18)17-14-5-6-15(20-2)16(12-14)21-11-10-19/h5-6,12-13,17,19H,3-4,7-11H2,1-2H3. The summed E-state index contributed by atoms with van der Waals surface area (Å²) in [6.07, 6.45) is 3.55. The SMILES string of the molecule is COc1ccc(NC2CCCN(C)CC2)cc1OCCO. The molecule has 1 saturated heterocycles. The Balaban J connectivity index is 2.01. The van der Waals surface area contributed by atoms with E-state index in [-0.39, 0.29) is 13.2 Å². The molecule has 1 aliphatic rings. The van der Waals surface area contributed by atoms with Crippen LogP contribution >= 0.6 is 0 Å². The van der Waals surface area contributed by atoms with Crippen LogP contribution in [0.3, 0.4) is 0 Å². The van der Waals surface area contributed by atoms with E-state index in [9.17, 15) is 0 Å². The molecule has 1 fully saturated rings. The van der Waals surface area contributed by atoms with Crippen LogP contribution < -0.4 is 14.8 Å². The molecule has 0 saturated carbocycles. The molecule has 1 unspecified atom stereocenters. The number of hydrogen-bond donors (Lipinski definition) is 2. The zero-order valence-electron chi connectivity index (χ0n) is 13.0. The van der Waals surface area contributed by atoms with E-state index in [2.05, 4.69) is 17.3 Å². The largest absolute Gasteiger partial charge is 0.493 e. The Hall–Kier alpha value is -1.46. The van der Waals surface area contributed by atoms with Gasteiger partial charge in [0.25, 0.3) is 0 Å². The molecule has 1 aliphatic heterocycles. The predicted molar refractivity (Wildman–Crippen MR) is 84.3 cm³/mol. The molecule has 0 bridgehead atoms. The first-order chi connectivity index (χ1) is 10.2. The Morgan fingerprint density at radius 1 is 1.29 bits per heavy atom. The van der Waals surface area contributed by atoms with Crippen LogP contribution in [-0.4, -0.2) is 56.5 Å². The first-order valence-electron chi connectivity index (χ1n) is 7.59. The summed E-state index contributed by atoms with van der Waals surface area (Å²) >= 11 is 0. The molecule has 21 heavy (non-hydrogen) atoms. The summed E-state index contributed by atoms with van der Waals surface area (Å²) in [5, 5.41) is 12.5. The van der Waals surface area contributed by atoms with Crippen LogP contribution in [-0.2, 0) is 0 Å². The number of anilines is 1. The van der Waals surface area contributed by atoms with Crippen LogP contribution in [0.4, 0.5) is 5.69 Å². The molecular weight excluding hydrogens is 268 g/mol.